The van der Waals surface area contributed by atoms with Gasteiger partial charge >= 0.3 is 0 Å². The minimum Gasteiger partial charge on any atom is -0.491 e. The quantitative estimate of drug-likeness (QED) is 0.344. The second-order valence-corrected chi connectivity index (χ2v) is 6.18. The molecule has 0 fully saturated rings. The monoisotopic (exact) mass is 362 g/mol. The first-order valence-corrected chi connectivity index (χ1v) is 9.09. The molecule has 2 aromatic rings. The van der Waals surface area contributed by atoms with Crippen molar-refractivity contribution in [3.8, 4) is 11.5 Å². The Bertz CT molecular complexity index is 529. The molecule has 0 heterocycles. The van der Waals surface area contributed by atoms with E-state index in [9.17, 15) is 10.2 Å². The molecule has 0 amide bonds. The summed E-state index contributed by atoms with van der Waals surface area (Å²) in [5, 5.41) is 23.9. The van der Waals surface area contributed by atoms with E-state index in [2.05, 4.69) is 10.6 Å². The minimum atomic E-state index is -0.500. The Balaban J connectivity index is 1.43. The molecule has 142 valence electrons. The standard InChI is InChI=1S/C20H28N2O4/c23-17(15-25-19-7-3-1-4-8-19)13-21-11-12-22-14-18(24)16-26-20-9-5-2-6-10-20/h1-10,17-18,21-24H,11-16H2/p+2/t17-,18-/m1/s1. The van der Waals surface area contributed by atoms with Gasteiger partial charge in [0.1, 0.15) is 63.1 Å². The van der Waals surface area contributed by atoms with Crippen molar-refractivity contribution in [1.82, 2.24) is 0 Å². The van der Waals surface area contributed by atoms with Crippen LogP contribution in [0.3, 0.4) is 0 Å². The zero-order valence-corrected chi connectivity index (χ0v) is 15.0. The van der Waals surface area contributed by atoms with Crippen LogP contribution in [0.2, 0.25) is 0 Å². The van der Waals surface area contributed by atoms with Gasteiger partial charge in [-0.1, -0.05) is 36.4 Å². The van der Waals surface area contributed by atoms with Crippen LogP contribution in [0.25, 0.3) is 0 Å². The van der Waals surface area contributed by atoms with E-state index in [0.717, 1.165) is 24.6 Å². The van der Waals surface area contributed by atoms with Crippen LogP contribution in [-0.2, 0) is 0 Å². The van der Waals surface area contributed by atoms with Gasteiger partial charge in [0.2, 0.25) is 0 Å². The second-order valence-electron chi connectivity index (χ2n) is 6.18. The van der Waals surface area contributed by atoms with Gasteiger partial charge in [0.15, 0.2) is 0 Å². The third kappa shape index (κ3) is 8.82. The van der Waals surface area contributed by atoms with Crippen LogP contribution in [-0.4, -0.2) is 61.8 Å². The van der Waals surface area contributed by atoms with Crippen molar-refractivity contribution in [3.63, 3.8) is 0 Å². The van der Waals surface area contributed by atoms with Gasteiger partial charge in [0.05, 0.1) is 0 Å². The maximum Gasteiger partial charge on any atom is 0.137 e. The average molecular weight is 362 g/mol. The fourth-order valence-corrected chi connectivity index (χ4v) is 2.41. The van der Waals surface area contributed by atoms with E-state index in [4.69, 9.17) is 9.47 Å². The largest absolute Gasteiger partial charge is 0.491 e. The fraction of sp³-hybridized carbons (Fsp3) is 0.400. The van der Waals surface area contributed by atoms with Crippen molar-refractivity contribution in [1.29, 1.82) is 0 Å². The predicted octanol–water partition coefficient (Wildman–Crippen LogP) is -1.01. The highest BCUT2D eigenvalue weighted by molar-refractivity contribution is 5.21. The molecule has 6 heteroatoms. The van der Waals surface area contributed by atoms with Gasteiger partial charge < -0.3 is 30.3 Å². The van der Waals surface area contributed by atoms with Gasteiger partial charge in [-0.2, -0.15) is 0 Å². The molecule has 6 N–H and O–H groups in total. The molecule has 0 aromatic heterocycles. The van der Waals surface area contributed by atoms with Gasteiger partial charge in [0, 0.05) is 0 Å². The van der Waals surface area contributed by atoms with Crippen molar-refractivity contribution in [3.05, 3.63) is 60.7 Å². The molecule has 0 saturated heterocycles. The Morgan fingerprint density at radius 3 is 1.42 bits per heavy atom. The highest BCUT2D eigenvalue weighted by atomic mass is 16.5. The van der Waals surface area contributed by atoms with E-state index in [1.807, 2.05) is 60.7 Å². The molecule has 0 bridgehead atoms. The van der Waals surface area contributed by atoms with Gasteiger partial charge in [-0.05, 0) is 24.3 Å². The zero-order chi connectivity index (χ0) is 18.5. The van der Waals surface area contributed by atoms with Crippen LogP contribution in [0.4, 0.5) is 0 Å². The number of ether oxygens (including phenoxy) is 2. The van der Waals surface area contributed by atoms with Crippen LogP contribution in [0.1, 0.15) is 0 Å². The van der Waals surface area contributed by atoms with Gasteiger partial charge in [0.25, 0.3) is 0 Å². The molecule has 0 spiro atoms. The van der Waals surface area contributed by atoms with Crippen molar-refractivity contribution in [2.75, 3.05) is 39.4 Å². The number of quaternary nitrogens is 2. The van der Waals surface area contributed by atoms with E-state index >= 15 is 0 Å². The van der Waals surface area contributed by atoms with Gasteiger partial charge in [-0.25, -0.2) is 0 Å². The number of aliphatic hydroxyl groups excluding tert-OH is 2. The smallest absolute Gasteiger partial charge is 0.137 e. The van der Waals surface area contributed by atoms with Crippen molar-refractivity contribution in [2.45, 2.75) is 12.2 Å². The van der Waals surface area contributed by atoms with Crippen LogP contribution in [0, 0.1) is 0 Å². The summed E-state index contributed by atoms with van der Waals surface area (Å²) in [5.41, 5.74) is 0. The molecule has 2 atom stereocenters. The van der Waals surface area contributed by atoms with Crippen LogP contribution in [0.5, 0.6) is 11.5 Å². The number of aliphatic hydroxyl groups is 2. The Morgan fingerprint density at radius 1 is 0.654 bits per heavy atom. The lowest BCUT2D eigenvalue weighted by Gasteiger charge is -2.12. The van der Waals surface area contributed by atoms with E-state index in [0.29, 0.717) is 26.3 Å². The van der Waals surface area contributed by atoms with E-state index < -0.39 is 12.2 Å². The van der Waals surface area contributed by atoms with Crippen molar-refractivity contribution in [2.24, 2.45) is 0 Å². The molecule has 2 aromatic carbocycles. The molecular weight excluding hydrogens is 332 g/mol. The summed E-state index contributed by atoms with van der Waals surface area (Å²) in [4.78, 5) is 0. The molecule has 0 aliphatic heterocycles. The molecule has 0 saturated carbocycles. The van der Waals surface area contributed by atoms with E-state index in [-0.39, 0.29) is 0 Å². The lowest BCUT2D eigenvalue weighted by molar-refractivity contribution is -0.728. The first-order valence-electron chi connectivity index (χ1n) is 9.09. The van der Waals surface area contributed by atoms with Crippen molar-refractivity contribution >= 4 is 0 Å². The molecular formula is C20H30N2O4+2. The highest BCUT2D eigenvalue weighted by Gasteiger charge is 2.09. The topological polar surface area (TPSA) is 92.1 Å². The Labute approximate surface area is 154 Å². The van der Waals surface area contributed by atoms with Crippen LogP contribution in [0.15, 0.2) is 60.7 Å². The molecule has 0 aliphatic carbocycles. The number of hydrogen-bond acceptors (Lipinski definition) is 4. The first-order chi connectivity index (χ1) is 12.7. The number of nitrogens with two attached hydrogens (primary N) is 2. The van der Waals surface area contributed by atoms with Crippen molar-refractivity contribution < 1.29 is 30.3 Å². The highest BCUT2D eigenvalue weighted by Crippen LogP contribution is 2.08. The zero-order valence-electron chi connectivity index (χ0n) is 15.0. The summed E-state index contributed by atoms with van der Waals surface area (Å²) in [7, 11) is 0. The minimum absolute atomic E-state index is 0.291. The molecule has 0 unspecified atom stereocenters. The maximum atomic E-state index is 9.91. The Morgan fingerprint density at radius 2 is 1.04 bits per heavy atom. The van der Waals surface area contributed by atoms with Gasteiger partial charge in [-0.15, -0.1) is 0 Å². The summed E-state index contributed by atoms with van der Waals surface area (Å²) < 4.78 is 11.0. The summed E-state index contributed by atoms with van der Waals surface area (Å²) in [6.45, 7) is 3.52. The Kier molecular flexibility index (Phi) is 9.53. The number of para-hydroxylation sites is 2. The molecule has 26 heavy (non-hydrogen) atoms. The Hall–Kier alpha value is -2.12. The summed E-state index contributed by atoms with van der Waals surface area (Å²) in [6.07, 6.45) is -1.000. The molecule has 6 nitrogen and oxygen atoms in total. The third-order valence-corrected chi connectivity index (χ3v) is 3.82. The summed E-state index contributed by atoms with van der Waals surface area (Å²) in [6, 6.07) is 19.0. The molecule has 2 rings (SSSR count). The maximum absolute atomic E-state index is 9.91. The van der Waals surface area contributed by atoms with Gasteiger partial charge in [-0.3, -0.25) is 0 Å². The normalized spacial score (nSPS) is 13.2. The predicted molar refractivity (Wildman–Crippen MR) is 99.2 cm³/mol. The van der Waals surface area contributed by atoms with E-state index in [1.165, 1.54) is 0 Å². The van der Waals surface area contributed by atoms with E-state index in [1.54, 1.807) is 0 Å². The van der Waals surface area contributed by atoms with Crippen LogP contribution >= 0.6 is 0 Å². The lowest BCUT2D eigenvalue weighted by Crippen LogP contribution is -2.96. The second kappa shape index (κ2) is 12.3. The summed E-state index contributed by atoms with van der Waals surface area (Å²) in [5.74, 6) is 1.54. The number of rotatable bonds is 13. The SMILES string of the molecule is O[C@H](C[NH2+]CC[NH2+]C[C@@H](O)COc1ccccc1)COc1ccccc1. The third-order valence-electron chi connectivity index (χ3n) is 3.82. The molecule has 0 radical (unpaired) electrons. The number of benzene rings is 2. The average Bonchev–Trinajstić information content (AvgIpc) is 2.69. The number of hydrogen-bond donors (Lipinski definition) is 4. The lowest BCUT2D eigenvalue weighted by atomic mass is 10.3. The summed E-state index contributed by atoms with van der Waals surface area (Å²) >= 11 is 0. The first kappa shape index (κ1) is 20.2. The van der Waals surface area contributed by atoms with Crippen LogP contribution < -0.4 is 20.1 Å². The molecule has 0 aliphatic rings. The fourth-order valence-electron chi connectivity index (χ4n) is 2.41.